The molecule has 1 saturated heterocycles. The smallest absolute Gasteiger partial charge is 0.416 e. The lowest BCUT2D eigenvalue weighted by molar-refractivity contribution is -0.143. The summed E-state index contributed by atoms with van der Waals surface area (Å²) in [6.07, 6.45) is -0.497. The summed E-state index contributed by atoms with van der Waals surface area (Å²) in [6.45, 7) is 0.853. The third-order valence-electron chi connectivity index (χ3n) is 4.83. The molecule has 2 heterocycles. The third-order valence-corrected chi connectivity index (χ3v) is 4.83. The molecule has 3 rings (SSSR count). The zero-order chi connectivity index (χ0) is 18.7. The number of hydrogen-bond donors (Lipinski definition) is 1. The molecule has 1 unspecified atom stereocenters. The standard InChI is InChI=1S/C19H19F3N2O2/c20-19(21,22)16-4-2-1-3-15(16)17(13-5-9-23-10-6-13)24-11-7-14(8-12-24)18(25)26/h1-6,9-10,14,17H,7-8,11-12H2,(H,25,26). The highest BCUT2D eigenvalue weighted by molar-refractivity contribution is 5.70. The van der Waals surface area contributed by atoms with Crippen molar-refractivity contribution < 1.29 is 23.1 Å². The van der Waals surface area contributed by atoms with Gasteiger partial charge in [0, 0.05) is 12.4 Å². The van der Waals surface area contributed by atoms with E-state index in [-0.39, 0.29) is 5.56 Å². The van der Waals surface area contributed by atoms with E-state index in [1.165, 1.54) is 12.1 Å². The number of aromatic nitrogens is 1. The second kappa shape index (κ2) is 7.45. The number of rotatable bonds is 4. The molecule has 1 aromatic carbocycles. The van der Waals surface area contributed by atoms with Gasteiger partial charge in [-0.05, 0) is 55.3 Å². The van der Waals surface area contributed by atoms with E-state index < -0.39 is 29.7 Å². The molecular weight excluding hydrogens is 345 g/mol. The van der Waals surface area contributed by atoms with Crippen molar-refractivity contribution in [3.8, 4) is 0 Å². The van der Waals surface area contributed by atoms with Crippen molar-refractivity contribution in [2.45, 2.75) is 25.1 Å². The van der Waals surface area contributed by atoms with Crippen molar-refractivity contribution in [1.82, 2.24) is 9.88 Å². The Morgan fingerprint density at radius 1 is 1.12 bits per heavy atom. The summed E-state index contributed by atoms with van der Waals surface area (Å²) in [5.41, 5.74) is 0.229. The van der Waals surface area contributed by atoms with Crippen molar-refractivity contribution in [3.05, 3.63) is 65.5 Å². The molecule has 1 atom stereocenters. The molecule has 7 heteroatoms. The van der Waals surface area contributed by atoms with Crippen molar-refractivity contribution >= 4 is 5.97 Å². The molecule has 2 aromatic rings. The Bertz CT molecular complexity index is 757. The second-order valence-electron chi connectivity index (χ2n) is 6.42. The fourth-order valence-electron chi connectivity index (χ4n) is 3.53. The predicted molar refractivity (Wildman–Crippen MR) is 89.5 cm³/mol. The number of aliphatic carboxylic acids is 1. The Morgan fingerprint density at radius 3 is 2.31 bits per heavy atom. The largest absolute Gasteiger partial charge is 0.481 e. The Balaban J connectivity index is 2.01. The normalized spacial score (nSPS) is 17.8. The molecule has 0 saturated carbocycles. The van der Waals surface area contributed by atoms with Crippen LogP contribution < -0.4 is 0 Å². The summed E-state index contributed by atoms with van der Waals surface area (Å²) < 4.78 is 40.7. The number of piperidine rings is 1. The van der Waals surface area contributed by atoms with Gasteiger partial charge in [-0.1, -0.05) is 18.2 Å². The lowest BCUT2D eigenvalue weighted by Gasteiger charge is -2.38. The van der Waals surface area contributed by atoms with Crippen LogP contribution in [0.4, 0.5) is 13.2 Å². The molecular formula is C19H19F3N2O2. The zero-order valence-electron chi connectivity index (χ0n) is 14.0. The topological polar surface area (TPSA) is 53.4 Å². The van der Waals surface area contributed by atoms with E-state index in [0.717, 1.165) is 6.07 Å². The summed E-state index contributed by atoms with van der Waals surface area (Å²) in [4.78, 5) is 17.1. The van der Waals surface area contributed by atoms with E-state index in [9.17, 15) is 23.1 Å². The number of nitrogens with zero attached hydrogens (tertiary/aromatic N) is 2. The molecule has 0 bridgehead atoms. The zero-order valence-corrected chi connectivity index (χ0v) is 14.0. The molecule has 26 heavy (non-hydrogen) atoms. The van der Waals surface area contributed by atoms with Crippen LogP contribution in [0.15, 0.2) is 48.8 Å². The highest BCUT2D eigenvalue weighted by Crippen LogP contribution is 2.40. The van der Waals surface area contributed by atoms with Gasteiger partial charge in [-0.25, -0.2) is 0 Å². The molecule has 1 fully saturated rings. The van der Waals surface area contributed by atoms with Gasteiger partial charge in [-0.3, -0.25) is 14.7 Å². The Kier molecular flexibility index (Phi) is 5.27. The van der Waals surface area contributed by atoms with E-state index in [2.05, 4.69) is 4.98 Å². The van der Waals surface area contributed by atoms with Gasteiger partial charge in [-0.2, -0.15) is 13.2 Å². The molecule has 0 radical (unpaired) electrons. The average Bonchev–Trinajstić information content (AvgIpc) is 2.63. The number of carboxylic acid groups (broad SMARTS) is 1. The van der Waals surface area contributed by atoms with Crippen LogP contribution in [0, 0.1) is 5.92 Å². The Hall–Kier alpha value is -2.41. The summed E-state index contributed by atoms with van der Waals surface area (Å²) in [5.74, 6) is -1.29. The predicted octanol–water partition coefficient (Wildman–Crippen LogP) is 3.99. The van der Waals surface area contributed by atoms with Gasteiger partial charge in [0.1, 0.15) is 0 Å². The maximum absolute atomic E-state index is 13.6. The van der Waals surface area contributed by atoms with Gasteiger partial charge in [0.25, 0.3) is 0 Å². The fraction of sp³-hybridized carbons (Fsp3) is 0.368. The lowest BCUT2D eigenvalue weighted by atomic mass is 9.89. The highest BCUT2D eigenvalue weighted by Gasteiger charge is 2.38. The van der Waals surface area contributed by atoms with Crippen LogP contribution in [-0.2, 0) is 11.0 Å². The van der Waals surface area contributed by atoms with Crippen molar-refractivity contribution in [3.63, 3.8) is 0 Å². The summed E-state index contributed by atoms with van der Waals surface area (Å²) in [5, 5.41) is 9.17. The molecule has 1 aliphatic heterocycles. The Morgan fingerprint density at radius 2 is 1.73 bits per heavy atom. The minimum atomic E-state index is -4.46. The van der Waals surface area contributed by atoms with Crippen molar-refractivity contribution in [2.24, 2.45) is 5.92 Å². The van der Waals surface area contributed by atoms with Crippen LogP contribution in [0.5, 0.6) is 0 Å². The van der Waals surface area contributed by atoms with E-state index in [0.29, 0.717) is 31.5 Å². The maximum atomic E-state index is 13.6. The molecule has 0 aliphatic carbocycles. The third kappa shape index (κ3) is 3.88. The molecule has 4 nitrogen and oxygen atoms in total. The van der Waals surface area contributed by atoms with E-state index in [1.807, 2.05) is 4.90 Å². The maximum Gasteiger partial charge on any atom is 0.416 e. The number of pyridine rings is 1. The van der Waals surface area contributed by atoms with Crippen LogP contribution in [0.3, 0.4) is 0 Å². The van der Waals surface area contributed by atoms with E-state index in [1.54, 1.807) is 30.6 Å². The van der Waals surface area contributed by atoms with Crippen LogP contribution in [0.25, 0.3) is 0 Å². The number of alkyl halides is 3. The number of halogens is 3. The fourth-order valence-corrected chi connectivity index (χ4v) is 3.53. The first-order valence-electron chi connectivity index (χ1n) is 8.41. The molecule has 138 valence electrons. The first-order valence-corrected chi connectivity index (χ1v) is 8.41. The van der Waals surface area contributed by atoms with Crippen LogP contribution >= 0.6 is 0 Å². The van der Waals surface area contributed by atoms with Crippen molar-refractivity contribution in [2.75, 3.05) is 13.1 Å². The average molecular weight is 364 g/mol. The highest BCUT2D eigenvalue weighted by atomic mass is 19.4. The number of benzene rings is 1. The van der Waals surface area contributed by atoms with E-state index in [4.69, 9.17) is 0 Å². The van der Waals surface area contributed by atoms with Crippen molar-refractivity contribution in [1.29, 1.82) is 0 Å². The van der Waals surface area contributed by atoms with E-state index >= 15 is 0 Å². The quantitative estimate of drug-likeness (QED) is 0.891. The minimum Gasteiger partial charge on any atom is -0.481 e. The first kappa shape index (κ1) is 18.4. The van der Waals surface area contributed by atoms with Crippen LogP contribution in [0.2, 0.25) is 0 Å². The Labute approximate surface area is 149 Å². The summed E-state index contributed by atoms with van der Waals surface area (Å²) in [7, 11) is 0. The molecule has 0 amide bonds. The molecule has 1 N–H and O–H groups in total. The monoisotopic (exact) mass is 364 g/mol. The van der Waals surface area contributed by atoms with Gasteiger partial charge < -0.3 is 5.11 Å². The number of carboxylic acids is 1. The number of carbonyl (C=O) groups is 1. The minimum absolute atomic E-state index is 0.181. The summed E-state index contributed by atoms with van der Waals surface area (Å²) in [6, 6.07) is 8.40. The summed E-state index contributed by atoms with van der Waals surface area (Å²) >= 11 is 0. The van der Waals surface area contributed by atoms with Gasteiger partial charge in [0.2, 0.25) is 0 Å². The number of hydrogen-bond acceptors (Lipinski definition) is 3. The first-order chi connectivity index (χ1) is 12.4. The molecule has 0 spiro atoms. The van der Waals surface area contributed by atoms with Crippen LogP contribution in [0.1, 0.15) is 35.6 Å². The lowest BCUT2D eigenvalue weighted by Crippen LogP contribution is -2.39. The molecule has 1 aromatic heterocycles. The van der Waals surface area contributed by atoms with Gasteiger partial charge in [0.05, 0.1) is 17.5 Å². The van der Waals surface area contributed by atoms with Gasteiger partial charge in [0.15, 0.2) is 0 Å². The SMILES string of the molecule is O=C(O)C1CCN(C(c2ccncc2)c2ccccc2C(F)(F)F)CC1. The second-order valence-corrected chi connectivity index (χ2v) is 6.42. The van der Waals surface area contributed by atoms with Crippen LogP contribution in [-0.4, -0.2) is 34.0 Å². The molecule has 1 aliphatic rings. The van der Waals surface area contributed by atoms with Gasteiger partial charge in [-0.15, -0.1) is 0 Å². The van der Waals surface area contributed by atoms with Gasteiger partial charge >= 0.3 is 12.1 Å². The number of likely N-dealkylation sites (tertiary alicyclic amines) is 1.